The van der Waals surface area contributed by atoms with E-state index in [1.165, 1.54) is 19.2 Å². The van der Waals surface area contributed by atoms with Gasteiger partial charge in [-0.1, -0.05) is 12.1 Å². The predicted octanol–water partition coefficient (Wildman–Crippen LogP) is 0.0558. The molecule has 2 rings (SSSR count). The molecule has 0 spiro atoms. The largest absolute Gasteiger partial charge is 0.595 e. The number of methoxy groups -OCH3 is 1. The standard InChI is InChI=1S/C13H15N3O4S/c1-7-10(12(17)20-2)11(15-13(21)14-7)8-4-3-5-9(6-8)16(18)19/h3-6,11,16,18H,1-2H3,(H2,14,15,21)/t11-/m0/s1. The number of benzene rings is 1. The van der Waals surface area contributed by atoms with Gasteiger partial charge in [0, 0.05) is 17.8 Å². The third-order valence-electron chi connectivity index (χ3n) is 3.14. The molecule has 2 atom stereocenters. The zero-order chi connectivity index (χ0) is 15.6. The number of carbonyl (C=O) groups excluding carboxylic acids is 1. The Labute approximate surface area is 126 Å². The van der Waals surface area contributed by atoms with Gasteiger partial charge in [0.25, 0.3) is 0 Å². The summed E-state index contributed by atoms with van der Waals surface area (Å²) in [7, 11) is 1.29. The highest BCUT2D eigenvalue weighted by Crippen LogP contribution is 2.28. The van der Waals surface area contributed by atoms with Crippen LogP contribution in [-0.4, -0.2) is 23.4 Å². The molecule has 0 aliphatic carbocycles. The first kappa shape index (κ1) is 15.4. The van der Waals surface area contributed by atoms with E-state index in [1.54, 1.807) is 19.1 Å². The fourth-order valence-corrected chi connectivity index (χ4v) is 2.45. The number of quaternary nitrogens is 1. The normalized spacial score (nSPS) is 19.6. The molecular formula is C13H15N3O4S. The number of ether oxygens (including phenoxy) is 1. The maximum absolute atomic E-state index is 12.0. The zero-order valence-corrected chi connectivity index (χ0v) is 12.3. The topological polar surface area (TPSA) is 98.1 Å². The average Bonchev–Trinajstić information content (AvgIpc) is 2.45. The van der Waals surface area contributed by atoms with Crippen molar-refractivity contribution in [3.05, 3.63) is 46.3 Å². The summed E-state index contributed by atoms with van der Waals surface area (Å²) >= 11 is 5.10. The number of rotatable bonds is 3. The molecule has 1 aliphatic heterocycles. The second-order valence-electron chi connectivity index (χ2n) is 4.49. The Balaban J connectivity index is 2.48. The van der Waals surface area contributed by atoms with Crippen LogP contribution in [0.3, 0.4) is 0 Å². The molecule has 0 aromatic heterocycles. The summed E-state index contributed by atoms with van der Waals surface area (Å²) in [6.07, 6.45) is 0. The SMILES string of the molecule is COC(=O)C1=C(C)NC(=S)N[C@H]1c1cccc([NH+]([O-])O)c1. The van der Waals surface area contributed by atoms with Gasteiger partial charge >= 0.3 is 5.97 Å². The van der Waals surface area contributed by atoms with E-state index in [0.29, 0.717) is 21.9 Å². The molecule has 0 bridgehead atoms. The van der Waals surface area contributed by atoms with Crippen molar-refractivity contribution in [2.75, 3.05) is 7.11 Å². The first-order valence-corrected chi connectivity index (χ1v) is 6.54. The van der Waals surface area contributed by atoms with Crippen LogP contribution < -0.4 is 15.9 Å². The number of carbonyl (C=O) groups is 1. The van der Waals surface area contributed by atoms with E-state index in [-0.39, 0.29) is 5.69 Å². The minimum atomic E-state index is -1.03. The summed E-state index contributed by atoms with van der Waals surface area (Å²) in [5, 5.41) is 25.3. The molecular weight excluding hydrogens is 294 g/mol. The number of nitrogens with one attached hydrogen (secondary N) is 3. The van der Waals surface area contributed by atoms with Gasteiger partial charge in [0.2, 0.25) is 0 Å². The van der Waals surface area contributed by atoms with E-state index < -0.39 is 17.2 Å². The van der Waals surface area contributed by atoms with Crippen molar-refractivity contribution in [1.29, 1.82) is 0 Å². The lowest BCUT2D eigenvalue weighted by atomic mass is 9.95. The van der Waals surface area contributed by atoms with Crippen molar-refractivity contribution in [1.82, 2.24) is 10.6 Å². The number of esters is 1. The van der Waals surface area contributed by atoms with Crippen molar-refractivity contribution < 1.29 is 20.0 Å². The van der Waals surface area contributed by atoms with Crippen molar-refractivity contribution in [2.24, 2.45) is 0 Å². The molecule has 0 amide bonds. The molecule has 1 aromatic carbocycles. The van der Waals surface area contributed by atoms with E-state index in [1.807, 2.05) is 0 Å². The Hall–Kier alpha value is -2.00. The van der Waals surface area contributed by atoms with Crippen LogP contribution in [0.5, 0.6) is 0 Å². The van der Waals surface area contributed by atoms with Crippen molar-refractivity contribution >= 4 is 29.0 Å². The van der Waals surface area contributed by atoms with E-state index in [2.05, 4.69) is 10.6 Å². The molecule has 7 nitrogen and oxygen atoms in total. The van der Waals surface area contributed by atoms with Crippen LogP contribution in [-0.2, 0) is 9.53 Å². The summed E-state index contributed by atoms with van der Waals surface area (Å²) in [4.78, 5) is 12.0. The van der Waals surface area contributed by atoms with Crippen LogP contribution >= 0.6 is 12.2 Å². The van der Waals surface area contributed by atoms with Crippen molar-refractivity contribution in [3.63, 3.8) is 0 Å². The molecule has 4 N–H and O–H groups in total. The number of hydrogen-bond donors (Lipinski definition) is 4. The molecule has 0 fully saturated rings. The predicted molar refractivity (Wildman–Crippen MR) is 78.5 cm³/mol. The highest BCUT2D eigenvalue weighted by atomic mass is 32.1. The lowest BCUT2D eigenvalue weighted by Gasteiger charge is -2.29. The maximum Gasteiger partial charge on any atom is 0.337 e. The lowest BCUT2D eigenvalue weighted by molar-refractivity contribution is -0.991. The molecule has 0 saturated carbocycles. The summed E-state index contributed by atoms with van der Waals surface area (Å²) in [5.74, 6) is -0.499. The van der Waals surface area contributed by atoms with Crippen LogP contribution in [0, 0.1) is 5.21 Å². The van der Waals surface area contributed by atoms with Gasteiger partial charge in [-0.25, -0.2) is 10.0 Å². The second kappa shape index (κ2) is 6.19. The molecule has 21 heavy (non-hydrogen) atoms. The van der Waals surface area contributed by atoms with Crippen LogP contribution in [0.15, 0.2) is 35.5 Å². The van der Waals surface area contributed by atoms with E-state index >= 15 is 0 Å². The van der Waals surface area contributed by atoms with Gasteiger partial charge in [0.1, 0.15) is 0 Å². The van der Waals surface area contributed by atoms with Gasteiger partial charge in [-0.3, -0.25) is 0 Å². The fraction of sp³-hybridized carbons (Fsp3) is 0.231. The smallest absolute Gasteiger partial charge is 0.337 e. The van der Waals surface area contributed by atoms with Crippen LogP contribution in [0.1, 0.15) is 18.5 Å². The Kier molecular flexibility index (Phi) is 4.53. The molecule has 1 heterocycles. The Morgan fingerprint density at radius 2 is 2.24 bits per heavy atom. The van der Waals surface area contributed by atoms with E-state index in [4.69, 9.17) is 22.2 Å². The summed E-state index contributed by atoms with van der Waals surface area (Å²) < 4.78 is 4.79. The van der Waals surface area contributed by atoms with Gasteiger partial charge in [0.15, 0.2) is 10.8 Å². The highest BCUT2D eigenvalue weighted by molar-refractivity contribution is 7.80. The molecule has 1 aliphatic rings. The quantitative estimate of drug-likeness (QED) is 0.356. The Morgan fingerprint density at radius 3 is 2.86 bits per heavy atom. The van der Waals surface area contributed by atoms with Crippen molar-refractivity contribution in [3.8, 4) is 0 Å². The van der Waals surface area contributed by atoms with Gasteiger partial charge in [0.05, 0.1) is 18.7 Å². The Morgan fingerprint density at radius 1 is 1.52 bits per heavy atom. The van der Waals surface area contributed by atoms with Crippen LogP contribution in [0.4, 0.5) is 5.69 Å². The Bertz CT molecular complexity index is 615. The van der Waals surface area contributed by atoms with Gasteiger partial charge in [-0.05, 0) is 24.7 Å². The van der Waals surface area contributed by atoms with Crippen LogP contribution in [0.25, 0.3) is 0 Å². The van der Waals surface area contributed by atoms with Crippen molar-refractivity contribution in [2.45, 2.75) is 13.0 Å². The number of hydrogen-bond acceptors (Lipinski definition) is 5. The minimum absolute atomic E-state index is 0.139. The molecule has 1 unspecified atom stereocenters. The average molecular weight is 309 g/mol. The molecule has 112 valence electrons. The van der Waals surface area contributed by atoms with Gasteiger partial charge in [-0.15, -0.1) is 0 Å². The molecule has 1 aromatic rings. The third-order valence-corrected chi connectivity index (χ3v) is 3.36. The number of thiocarbonyl (C=S) groups is 1. The molecule has 0 radical (unpaired) electrons. The zero-order valence-electron chi connectivity index (χ0n) is 11.5. The maximum atomic E-state index is 12.0. The third kappa shape index (κ3) is 3.19. The summed E-state index contributed by atoms with van der Waals surface area (Å²) in [6, 6.07) is 5.79. The number of allylic oxidation sites excluding steroid dienone is 1. The minimum Gasteiger partial charge on any atom is -0.595 e. The summed E-state index contributed by atoms with van der Waals surface area (Å²) in [5.41, 5.74) is 1.71. The monoisotopic (exact) mass is 309 g/mol. The van der Waals surface area contributed by atoms with Crippen LogP contribution in [0.2, 0.25) is 0 Å². The first-order chi connectivity index (χ1) is 9.93. The molecule has 8 heteroatoms. The second-order valence-corrected chi connectivity index (χ2v) is 4.90. The first-order valence-electron chi connectivity index (χ1n) is 6.14. The van der Waals surface area contributed by atoms with E-state index in [0.717, 1.165) is 0 Å². The highest BCUT2D eigenvalue weighted by Gasteiger charge is 2.30. The lowest BCUT2D eigenvalue weighted by Crippen LogP contribution is -2.99. The molecule has 0 saturated heterocycles. The fourth-order valence-electron chi connectivity index (χ4n) is 2.18. The summed E-state index contributed by atoms with van der Waals surface area (Å²) in [6.45, 7) is 1.72. The van der Waals surface area contributed by atoms with Gasteiger partial charge < -0.3 is 20.6 Å². The van der Waals surface area contributed by atoms with E-state index in [9.17, 15) is 10.0 Å². The van der Waals surface area contributed by atoms with Gasteiger partial charge in [-0.2, -0.15) is 5.23 Å².